The van der Waals surface area contributed by atoms with Crippen molar-refractivity contribution in [1.29, 1.82) is 0 Å². The van der Waals surface area contributed by atoms with Crippen molar-refractivity contribution in [2.24, 2.45) is 11.1 Å². The smallest absolute Gasteiger partial charge is 0.320 e. The van der Waals surface area contributed by atoms with Gasteiger partial charge in [-0.3, -0.25) is 29.4 Å². The highest BCUT2D eigenvalue weighted by atomic mass is 32.2. The number of nitrogens with one attached hydrogen (secondary N) is 2. The van der Waals surface area contributed by atoms with E-state index in [1.54, 1.807) is 12.1 Å². The van der Waals surface area contributed by atoms with Crippen molar-refractivity contribution >= 4 is 50.2 Å². The summed E-state index contributed by atoms with van der Waals surface area (Å²) >= 11 is 0. The molecular formula is C28H30N4O7S. The minimum Gasteiger partial charge on any atom is -0.480 e. The first-order chi connectivity index (χ1) is 18.8. The van der Waals surface area contributed by atoms with Gasteiger partial charge in [-0.05, 0) is 59.9 Å². The molecule has 1 aliphatic rings. The van der Waals surface area contributed by atoms with E-state index in [2.05, 4.69) is 10.6 Å². The number of anilines is 1. The van der Waals surface area contributed by atoms with Gasteiger partial charge in [0.15, 0.2) is 0 Å². The van der Waals surface area contributed by atoms with Crippen LogP contribution in [0.5, 0.6) is 0 Å². The summed E-state index contributed by atoms with van der Waals surface area (Å²) in [4.78, 5) is 52.2. The lowest BCUT2D eigenvalue weighted by atomic mass is 10.0. The fourth-order valence-electron chi connectivity index (χ4n) is 4.66. The SMILES string of the molecule is CC(C)C[C@H](N[C@H](CCN1C(=O)c2cc3ccccc3cc2C1=O)C(=O)O)C(=O)Nc1cccc(S(N)(=O)=O)c1. The van der Waals surface area contributed by atoms with E-state index < -0.39 is 45.8 Å². The highest BCUT2D eigenvalue weighted by Gasteiger charge is 2.37. The van der Waals surface area contributed by atoms with E-state index in [-0.39, 0.29) is 47.0 Å². The Kier molecular flexibility index (Phi) is 8.33. The van der Waals surface area contributed by atoms with E-state index in [0.717, 1.165) is 15.7 Å². The van der Waals surface area contributed by atoms with Gasteiger partial charge in [0.05, 0.1) is 22.1 Å². The van der Waals surface area contributed by atoms with Gasteiger partial charge in [0, 0.05) is 12.2 Å². The lowest BCUT2D eigenvalue weighted by Gasteiger charge is -2.25. The second kappa shape index (κ2) is 11.5. The molecule has 0 saturated carbocycles. The van der Waals surface area contributed by atoms with Crippen LogP contribution in [0.15, 0.2) is 65.6 Å². The maximum absolute atomic E-state index is 13.1. The van der Waals surface area contributed by atoms with Gasteiger partial charge < -0.3 is 10.4 Å². The molecule has 11 nitrogen and oxygen atoms in total. The van der Waals surface area contributed by atoms with Crippen LogP contribution in [0, 0.1) is 5.92 Å². The summed E-state index contributed by atoms with van der Waals surface area (Å²) in [5, 5.41) is 22.1. The number of imide groups is 1. The number of carbonyl (C=O) groups excluding carboxylic acids is 3. The molecule has 3 aromatic rings. The van der Waals surface area contributed by atoms with Crippen molar-refractivity contribution < 1.29 is 32.7 Å². The van der Waals surface area contributed by atoms with E-state index in [9.17, 15) is 32.7 Å². The zero-order valence-electron chi connectivity index (χ0n) is 22.0. The molecule has 0 bridgehead atoms. The fourth-order valence-corrected chi connectivity index (χ4v) is 5.22. The van der Waals surface area contributed by atoms with Crippen LogP contribution in [0.3, 0.4) is 0 Å². The Labute approximate surface area is 231 Å². The fraction of sp³-hybridized carbons (Fsp3) is 0.286. The van der Waals surface area contributed by atoms with Crippen molar-refractivity contribution in [3.63, 3.8) is 0 Å². The first kappa shape index (κ1) is 28.9. The largest absolute Gasteiger partial charge is 0.480 e. The summed E-state index contributed by atoms with van der Waals surface area (Å²) in [6, 6.07) is 13.8. The summed E-state index contributed by atoms with van der Waals surface area (Å²) < 4.78 is 23.3. The maximum atomic E-state index is 13.1. The molecule has 0 saturated heterocycles. The molecular weight excluding hydrogens is 536 g/mol. The van der Waals surface area contributed by atoms with Gasteiger partial charge >= 0.3 is 5.97 Å². The third kappa shape index (κ3) is 6.36. The summed E-state index contributed by atoms with van der Waals surface area (Å²) in [5.74, 6) is -2.82. The van der Waals surface area contributed by atoms with Crippen LogP contribution in [0.1, 0.15) is 47.4 Å². The molecule has 12 heteroatoms. The van der Waals surface area contributed by atoms with Crippen LogP contribution in [-0.4, -0.2) is 60.7 Å². The van der Waals surface area contributed by atoms with Gasteiger partial charge in [0.2, 0.25) is 15.9 Å². The normalized spacial score (nSPS) is 14.8. The molecule has 2 atom stereocenters. The molecule has 0 fully saturated rings. The van der Waals surface area contributed by atoms with Crippen LogP contribution in [0.4, 0.5) is 5.69 Å². The molecule has 1 heterocycles. The number of hydrogen-bond acceptors (Lipinski definition) is 7. The topological polar surface area (TPSA) is 176 Å². The molecule has 3 amide bonds. The van der Waals surface area contributed by atoms with Crippen LogP contribution < -0.4 is 15.8 Å². The number of hydrogen-bond donors (Lipinski definition) is 4. The molecule has 0 spiro atoms. The Morgan fingerprint density at radius 3 is 2.05 bits per heavy atom. The molecule has 3 aromatic carbocycles. The van der Waals surface area contributed by atoms with Gasteiger partial charge in [-0.1, -0.05) is 44.2 Å². The minimum absolute atomic E-state index is 0.00109. The van der Waals surface area contributed by atoms with Crippen molar-refractivity contribution in [2.45, 2.75) is 43.7 Å². The standard InChI is InChI=1S/C28H30N4O7S/c1-16(2)12-24(25(33)30-19-8-5-9-20(15-19)40(29,38)39)31-23(28(36)37)10-11-32-26(34)21-13-17-6-3-4-7-18(17)14-22(21)27(32)35/h3-9,13-16,23-24,31H,10-12H2,1-2H3,(H,30,33)(H,36,37)(H2,29,38,39)/t23-,24+/m1/s1. The monoisotopic (exact) mass is 566 g/mol. The highest BCUT2D eigenvalue weighted by Crippen LogP contribution is 2.28. The van der Waals surface area contributed by atoms with E-state index in [4.69, 9.17) is 5.14 Å². The van der Waals surface area contributed by atoms with Crippen molar-refractivity contribution in [3.05, 3.63) is 71.8 Å². The Morgan fingerprint density at radius 1 is 0.925 bits per heavy atom. The number of carboxylic acid groups (broad SMARTS) is 1. The number of primary sulfonamides is 1. The Hall–Kier alpha value is -4.13. The van der Waals surface area contributed by atoms with E-state index >= 15 is 0 Å². The number of amides is 3. The minimum atomic E-state index is -3.99. The number of nitrogens with zero attached hydrogens (tertiary/aromatic N) is 1. The van der Waals surface area contributed by atoms with Crippen LogP contribution >= 0.6 is 0 Å². The number of aliphatic carboxylic acids is 1. The summed E-state index contributed by atoms with van der Waals surface area (Å²) in [7, 11) is -3.99. The number of sulfonamides is 1. The molecule has 40 heavy (non-hydrogen) atoms. The Bertz CT molecular complexity index is 1550. The number of rotatable bonds is 11. The van der Waals surface area contributed by atoms with Gasteiger partial charge in [0.1, 0.15) is 6.04 Å². The third-order valence-corrected chi connectivity index (χ3v) is 7.54. The molecule has 0 aliphatic carbocycles. The summed E-state index contributed by atoms with van der Waals surface area (Å²) in [6.07, 6.45) is 0.132. The van der Waals surface area contributed by atoms with Crippen LogP contribution in [0.25, 0.3) is 10.8 Å². The van der Waals surface area contributed by atoms with Gasteiger partial charge in [0.25, 0.3) is 11.8 Å². The average molecular weight is 567 g/mol. The summed E-state index contributed by atoms with van der Waals surface area (Å²) in [6.45, 7) is 3.56. The number of carbonyl (C=O) groups is 4. The second-order valence-electron chi connectivity index (χ2n) is 10.1. The van der Waals surface area contributed by atoms with Crippen molar-refractivity contribution in [2.75, 3.05) is 11.9 Å². The second-order valence-corrected chi connectivity index (χ2v) is 11.7. The van der Waals surface area contributed by atoms with E-state index in [1.807, 2.05) is 38.1 Å². The molecule has 5 N–H and O–H groups in total. The average Bonchev–Trinajstić information content (AvgIpc) is 3.12. The van der Waals surface area contributed by atoms with Gasteiger partial charge in [-0.25, -0.2) is 13.6 Å². The number of benzene rings is 3. The van der Waals surface area contributed by atoms with Gasteiger partial charge in [-0.2, -0.15) is 0 Å². The number of fused-ring (bicyclic) bond motifs is 2. The zero-order chi connectivity index (χ0) is 29.2. The first-order valence-electron chi connectivity index (χ1n) is 12.7. The molecule has 1 aliphatic heterocycles. The molecule has 4 rings (SSSR count). The van der Waals surface area contributed by atoms with E-state index in [0.29, 0.717) is 0 Å². The van der Waals surface area contributed by atoms with Gasteiger partial charge in [-0.15, -0.1) is 0 Å². The quantitative estimate of drug-likeness (QED) is 0.256. The molecule has 0 unspecified atom stereocenters. The predicted octanol–water partition coefficient (Wildman–Crippen LogP) is 2.57. The third-order valence-electron chi connectivity index (χ3n) is 6.63. The maximum Gasteiger partial charge on any atom is 0.320 e. The molecule has 0 aromatic heterocycles. The summed E-state index contributed by atoms with van der Waals surface area (Å²) in [5.41, 5.74) is 0.710. The highest BCUT2D eigenvalue weighted by molar-refractivity contribution is 7.89. The zero-order valence-corrected chi connectivity index (χ0v) is 22.8. The van der Waals surface area contributed by atoms with Crippen molar-refractivity contribution in [1.82, 2.24) is 10.2 Å². The van der Waals surface area contributed by atoms with Crippen LogP contribution in [0.2, 0.25) is 0 Å². The molecule has 210 valence electrons. The number of nitrogens with two attached hydrogens (primary N) is 1. The lowest BCUT2D eigenvalue weighted by Crippen LogP contribution is -2.50. The lowest BCUT2D eigenvalue weighted by molar-refractivity contribution is -0.140. The van der Waals surface area contributed by atoms with E-state index in [1.165, 1.54) is 24.3 Å². The Balaban J connectivity index is 1.48. The van der Waals surface area contributed by atoms with Crippen LogP contribution in [-0.2, 0) is 19.6 Å². The number of carboxylic acids is 1. The molecule has 0 radical (unpaired) electrons. The predicted molar refractivity (Wildman–Crippen MR) is 148 cm³/mol. The first-order valence-corrected chi connectivity index (χ1v) is 14.2. The Morgan fingerprint density at radius 2 is 1.52 bits per heavy atom. The van der Waals surface area contributed by atoms with Crippen molar-refractivity contribution in [3.8, 4) is 0 Å².